The van der Waals surface area contributed by atoms with E-state index in [9.17, 15) is 4.79 Å². The Morgan fingerprint density at radius 1 is 1.19 bits per heavy atom. The highest BCUT2D eigenvalue weighted by Gasteiger charge is 2.12. The van der Waals surface area contributed by atoms with Crippen LogP contribution in [0.25, 0.3) is 0 Å². The highest BCUT2D eigenvalue weighted by atomic mass is 32.1. The summed E-state index contributed by atoms with van der Waals surface area (Å²) >= 11 is 1.21. The van der Waals surface area contributed by atoms with Crippen molar-refractivity contribution in [1.29, 1.82) is 0 Å². The molecule has 8 heteroatoms. The zero-order valence-electron chi connectivity index (χ0n) is 17.5. The molecule has 1 N–H and O–H groups in total. The van der Waals surface area contributed by atoms with E-state index in [-0.39, 0.29) is 5.91 Å². The molecule has 2 heterocycles. The molecular formula is C23H26N4O3S. The van der Waals surface area contributed by atoms with Crippen LogP contribution in [0.15, 0.2) is 48.5 Å². The van der Waals surface area contributed by atoms with Gasteiger partial charge in [0.05, 0.1) is 13.2 Å². The summed E-state index contributed by atoms with van der Waals surface area (Å²) in [6.45, 7) is 6.81. The number of nitrogens with one attached hydrogen (secondary N) is 1. The van der Waals surface area contributed by atoms with Crippen molar-refractivity contribution in [3.05, 3.63) is 71.0 Å². The Morgan fingerprint density at radius 2 is 2.00 bits per heavy atom. The topological polar surface area (TPSA) is 76.6 Å². The lowest BCUT2D eigenvalue weighted by Gasteiger charge is -2.26. The van der Waals surface area contributed by atoms with Gasteiger partial charge in [-0.25, -0.2) is 0 Å². The fourth-order valence-electron chi connectivity index (χ4n) is 3.30. The quantitative estimate of drug-likeness (QED) is 0.582. The van der Waals surface area contributed by atoms with Gasteiger partial charge in [0.15, 0.2) is 5.82 Å². The average Bonchev–Trinajstić information content (AvgIpc) is 3.23. The number of carbonyl (C=O) groups excluding carboxylic acids is 1. The van der Waals surface area contributed by atoms with Crippen LogP contribution in [-0.4, -0.2) is 59.6 Å². The van der Waals surface area contributed by atoms with E-state index in [2.05, 4.69) is 50.8 Å². The zero-order valence-corrected chi connectivity index (χ0v) is 18.4. The maximum absolute atomic E-state index is 12.5. The fraction of sp³-hybridized carbons (Fsp3) is 0.348. The summed E-state index contributed by atoms with van der Waals surface area (Å²) in [7, 11) is 0. The molecule has 0 radical (unpaired) electrons. The number of aromatic nitrogens is 2. The number of aryl methyl sites for hydroxylation is 1. The van der Waals surface area contributed by atoms with Gasteiger partial charge in [0.2, 0.25) is 0 Å². The van der Waals surface area contributed by atoms with E-state index < -0.39 is 0 Å². The van der Waals surface area contributed by atoms with Crippen LogP contribution in [0.1, 0.15) is 27.3 Å². The van der Waals surface area contributed by atoms with Crippen molar-refractivity contribution in [2.24, 2.45) is 0 Å². The number of benzene rings is 2. The van der Waals surface area contributed by atoms with E-state index in [1.165, 1.54) is 17.1 Å². The van der Waals surface area contributed by atoms with Crippen molar-refractivity contribution in [3.8, 4) is 10.9 Å². The molecule has 1 aromatic heterocycles. The molecule has 1 saturated heterocycles. The third-order valence-corrected chi connectivity index (χ3v) is 5.68. The molecule has 0 unspecified atom stereocenters. The summed E-state index contributed by atoms with van der Waals surface area (Å²) in [5, 5.41) is 3.44. The van der Waals surface area contributed by atoms with E-state index in [0.29, 0.717) is 29.5 Å². The van der Waals surface area contributed by atoms with Gasteiger partial charge in [0.1, 0.15) is 5.75 Å². The second-order valence-corrected chi connectivity index (χ2v) is 8.19. The predicted octanol–water partition coefficient (Wildman–Crippen LogP) is 3.29. The first-order chi connectivity index (χ1) is 15.2. The van der Waals surface area contributed by atoms with Crippen LogP contribution in [-0.2, 0) is 11.2 Å². The summed E-state index contributed by atoms with van der Waals surface area (Å²) in [4.78, 5) is 19.2. The molecule has 0 bridgehead atoms. The first-order valence-electron chi connectivity index (χ1n) is 10.4. The first-order valence-corrected chi connectivity index (χ1v) is 11.2. The van der Waals surface area contributed by atoms with E-state index in [1.54, 1.807) is 18.2 Å². The van der Waals surface area contributed by atoms with Crippen LogP contribution in [0.3, 0.4) is 0 Å². The van der Waals surface area contributed by atoms with Crippen molar-refractivity contribution in [2.45, 2.75) is 13.3 Å². The minimum atomic E-state index is -0.115. The number of carbonyl (C=O) groups is 1. The Kier molecular flexibility index (Phi) is 7.24. The predicted molar refractivity (Wildman–Crippen MR) is 120 cm³/mol. The van der Waals surface area contributed by atoms with Crippen molar-refractivity contribution in [1.82, 2.24) is 19.6 Å². The Bertz CT molecular complexity index is 1000. The zero-order chi connectivity index (χ0) is 21.5. The Morgan fingerprint density at radius 3 is 2.81 bits per heavy atom. The van der Waals surface area contributed by atoms with Gasteiger partial charge in [-0.3, -0.25) is 9.69 Å². The largest absolute Gasteiger partial charge is 0.430 e. The van der Waals surface area contributed by atoms with E-state index >= 15 is 0 Å². The molecule has 1 aliphatic rings. The first kappa shape index (κ1) is 21.4. The van der Waals surface area contributed by atoms with Gasteiger partial charge in [0, 0.05) is 49.7 Å². The van der Waals surface area contributed by atoms with E-state index in [1.807, 2.05) is 6.07 Å². The van der Waals surface area contributed by atoms with Crippen molar-refractivity contribution in [3.63, 3.8) is 0 Å². The third-order valence-electron chi connectivity index (χ3n) is 5.05. The molecule has 0 saturated carbocycles. The van der Waals surface area contributed by atoms with Gasteiger partial charge >= 0.3 is 0 Å². The van der Waals surface area contributed by atoms with Crippen LogP contribution in [0.4, 0.5) is 0 Å². The summed E-state index contributed by atoms with van der Waals surface area (Å²) in [5.74, 6) is 1.18. The number of ether oxygens (including phenoxy) is 2. The van der Waals surface area contributed by atoms with Crippen LogP contribution in [0.5, 0.6) is 10.9 Å². The molecule has 1 aliphatic heterocycles. The molecule has 3 aromatic rings. The molecular weight excluding hydrogens is 412 g/mol. The minimum absolute atomic E-state index is 0.115. The molecule has 162 valence electrons. The number of rotatable bonds is 8. The standard InChI is InChI=1S/C23H26N4O3S/c1-17-5-7-18(8-6-17)15-21-25-23(31-26-21)30-20-4-2-3-19(16-20)22(28)24-9-10-27-11-13-29-14-12-27/h2-8,16H,9-15H2,1H3,(H,24,28). The summed E-state index contributed by atoms with van der Waals surface area (Å²) in [5.41, 5.74) is 2.94. The molecule has 0 atom stereocenters. The molecule has 1 amide bonds. The molecule has 7 nitrogen and oxygen atoms in total. The van der Waals surface area contributed by atoms with Gasteiger partial charge in [-0.2, -0.15) is 9.36 Å². The number of hydrogen-bond donors (Lipinski definition) is 1. The summed E-state index contributed by atoms with van der Waals surface area (Å²) < 4.78 is 15.6. The smallest absolute Gasteiger partial charge is 0.298 e. The lowest BCUT2D eigenvalue weighted by molar-refractivity contribution is 0.0383. The Labute approximate surface area is 186 Å². The van der Waals surface area contributed by atoms with Crippen LogP contribution >= 0.6 is 11.5 Å². The second kappa shape index (κ2) is 10.5. The lowest BCUT2D eigenvalue weighted by Crippen LogP contribution is -2.41. The van der Waals surface area contributed by atoms with Crippen LogP contribution in [0.2, 0.25) is 0 Å². The molecule has 1 fully saturated rings. The maximum Gasteiger partial charge on any atom is 0.298 e. The Balaban J connectivity index is 1.30. The maximum atomic E-state index is 12.5. The normalized spacial score (nSPS) is 14.4. The van der Waals surface area contributed by atoms with Gasteiger partial charge in [-0.05, 0) is 30.7 Å². The number of hydrogen-bond acceptors (Lipinski definition) is 7. The van der Waals surface area contributed by atoms with Gasteiger partial charge in [-0.15, -0.1) is 0 Å². The SMILES string of the molecule is Cc1ccc(Cc2nsc(Oc3cccc(C(=O)NCCN4CCOCC4)c3)n2)cc1. The number of morpholine rings is 1. The summed E-state index contributed by atoms with van der Waals surface area (Å²) in [6.07, 6.45) is 0.658. The third kappa shape index (κ3) is 6.33. The summed E-state index contributed by atoms with van der Waals surface area (Å²) in [6, 6.07) is 15.4. The van der Waals surface area contributed by atoms with Crippen molar-refractivity contribution < 1.29 is 14.3 Å². The van der Waals surface area contributed by atoms with Crippen LogP contribution < -0.4 is 10.1 Å². The average molecular weight is 439 g/mol. The van der Waals surface area contributed by atoms with Crippen molar-refractivity contribution in [2.75, 3.05) is 39.4 Å². The monoisotopic (exact) mass is 438 g/mol. The van der Waals surface area contributed by atoms with E-state index in [4.69, 9.17) is 9.47 Å². The highest BCUT2D eigenvalue weighted by molar-refractivity contribution is 7.07. The second-order valence-electron chi connectivity index (χ2n) is 7.48. The van der Waals surface area contributed by atoms with Crippen molar-refractivity contribution >= 4 is 17.4 Å². The molecule has 2 aromatic carbocycles. The number of nitrogens with zero attached hydrogens (tertiary/aromatic N) is 3. The molecule has 0 aliphatic carbocycles. The molecule has 31 heavy (non-hydrogen) atoms. The van der Waals surface area contributed by atoms with Gasteiger partial charge in [-0.1, -0.05) is 35.9 Å². The van der Waals surface area contributed by atoms with Crippen LogP contribution in [0, 0.1) is 6.92 Å². The number of amides is 1. The lowest BCUT2D eigenvalue weighted by atomic mass is 10.1. The minimum Gasteiger partial charge on any atom is -0.430 e. The van der Waals surface area contributed by atoms with E-state index in [0.717, 1.165) is 44.2 Å². The van der Waals surface area contributed by atoms with Gasteiger partial charge < -0.3 is 14.8 Å². The fourth-order valence-corrected chi connectivity index (χ4v) is 3.86. The molecule has 0 spiro atoms. The molecule has 4 rings (SSSR count). The highest BCUT2D eigenvalue weighted by Crippen LogP contribution is 2.24. The Hall–Kier alpha value is -2.81. The van der Waals surface area contributed by atoms with Gasteiger partial charge in [0.25, 0.3) is 11.1 Å².